The van der Waals surface area contributed by atoms with Gasteiger partial charge in [-0.15, -0.1) is 0 Å². The van der Waals surface area contributed by atoms with Crippen LogP contribution in [0.1, 0.15) is 12.0 Å². The Kier molecular flexibility index (Phi) is 2.95. The molecule has 0 spiro atoms. The highest BCUT2D eigenvalue weighted by atomic mass is 19.3. The molecule has 92 valence electrons. The number of nitrogens with two attached hydrogens (primary N) is 1. The van der Waals surface area contributed by atoms with Gasteiger partial charge in [0.2, 0.25) is 0 Å². The fourth-order valence-corrected chi connectivity index (χ4v) is 1.82. The Labute approximate surface area is 96.1 Å². The van der Waals surface area contributed by atoms with Crippen molar-refractivity contribution in [3.05, 3.63) is 29.6 Å². The summed E-state index contributed by atoms with van der Waals surface area (Å²) in [4.78, 5) is 3.64. The molecule has 0 aliphatic carbocycles. The number of nitrogen functional groups attached to an aromatic ring is 1. The van der Waals surface area contributed by atoms with Gasteiger partial charge in [0.1, 0.15) is 5.82 Å². The largest absolute Gasteiger partial charge is 0.483 e. The van der Waals surface area contributed by atoms with Crippen molar-refractivity contribution in [1.29, 1.82) is 0 Å². The van der Waals surface area contributed by atoms with Crippen molar-refractivity contribution in [2.45, 2.75) is 18.4 Å². The molecule has 0 saturated carbocycles. The van der Waals surface area contributed by atoms with Crippen molar-refractivity contribution in [1.82, 2.24) is 0 Å². The Hall–Kier alpha value is -1.72. The summed E-state index contributed by atoms with van der Waals surface area (Å²) in [5, 5.41) is 0. The molecule has 0 bridgehead atoms. The van der Waals surface area contributed by atoms with Crippen LogP contribution in [0.5, 0.6) is 0 Å². The number of halogens is 3. The van der Waals surface area contributed by atoms with E-state index >= 15 is 0 Å². The number of hydrogen-bond acceptors (Lipinski definition) is 3. The van der Waals surface area contributed by atoms with Crippen molar-refractivity contribution in [3.8, 4) is 0 Å². The van der Waals surface area contributed by atoms with E-state index in [2.05, 4.69) is 4.99 Å². The van der Waals surface area contributed by atoms with Crippen LogP contribution in [0.3, 0.4) is 0 Å². The van der Waals surface area contributed by atoms with Crippen molar-refractivity contribution < 1.29 is 17.9 Å². The van der Waals surface area contributed by atoms with Gasteiger partial charge in [-0.2, -0.15) is 0 Å². The molecule has 3 nitrogen and oxygen atoms in total. The highest BCUT2D eigenvalue weighted by molar-refractivity contribution is 5.52. The Morgan fingerprint density at radius 2 is 2.18 bits per heavy atom. The number of anilines is 1. The summed E-state index contributed by atoms with van der Waals surface area (Å²) in [5.41, 5.74) is 3.64. The topological polar surface area (TPSA) is 47.6 Å². The average Bonchev–Trinajstić information content (AvgIpc) is 2.33. The second kappa shape index (κ2) is 4.27. The number of rotatable bonds is 2. The lowest BCUT2D eigenvalue weighted by molar-refractivity contribution is 0.0275. The maximum Gasteiger partial charge on any atom is 0.267 e. The molecule has 0 unspecified atom stereocenters. The van der Waals surface area contributed by atoms with Crippen LogP contribution < -0.4 is 5.73 Å². The Bertz CT molecular complexity index is 450. The third kappa shape index (κ3) is 1.94. The van der Waals surface area contributed by atoms with Gasteiger partial charge < -0.3 is 10.5 Å². The summed E-state index contributed by atoms with van der Waals surface area (Å²) in [6.07, 6.45) is -1.96. The van der Waals surface area contributed by atoms with Crippen LogP contribution in [-0.2, 0) is 10.3 Å². The molecular formula is C11H11F3N2O. The molecule has 1 atom stereocenters. The third-order valence-electron chi connectivity index (χ3n) is 2.78. The molecule has 1 heterocycles. The lowest BCUT2D eigenvalue weighted by Gasteiger charge is -2.31. The zero-order valence-corrected chi connectivity index (χ0v) is 8.87. The van der Waals surface area contributed by atoms with E-state index in [1.807, 2.05) is 0 Å². The van der Waals surface area contributed by atoms with Gasteiger partial charge in [0.25, 0.3) is 6.43 Å². The summed E-state index contributed by atoms with van der Waals surface area (Å²) in [5.74, 6) is -0.737. The quantitative estimate of drug-likeness (QED) is 0.811. The van der Waals surface area contributed by atoms with Gasteiger partial charge in [-0.1, -0.05) is 0 Å². The maximum absolute atomic E-state index is 13.7. The van der Waals surface area contributed by atoms with Crippen molar-refractivity contribution in [2.24, 2.45) is 4.99 Å². The maximum atomic E-state index is 13.7. The van der Waals surface area contributed by atoms with E-state index < -0.39 is 17.8 Å². The van der Waals surface area contributed by atoms with Gasteiger partial charge in [-0.3, -0.25) is 0 Å². The fraction of sp³-hybridized carbons (Fsp3) is 0.364. The highest BCUT2D eigenvalue weighted by Gasteiger charge is 2.44. The van der Waals surface area contributed by atoms with E-state index in [0.29, 0.717) is 0 Å². The van der Waals surface area contributed by atoms with Gasteiger partial charge in [0.05, 0.1) is 6.61 Å². The minimum Gasteiger partial charge on any atom is -0.483 e. The van der Waals surface area contributed by atoms with Crippen LogP contribution in [0.4, 0.5) is 18.9 Å². The van der Waals surface area contributed by atoms with Gasteiger partial charge in [-0.05, 0) is 18.2 Å². The minimum atomic E-state index is -2.82. The second-order valence-corrected chi connectivity index (χ2v) is 3.82. The first-order valence-electron chi connectivity index (χ1n) is 5.05. The second-order valence-electron chi connectivity index (χ2n) is 3.82. The molecule has 1 aromatic carbocycles. The number of benzene rings is 1. The van der Waals surface area contributed by atoms with E-state index in [1.54, 1.807) is 0 Å². The predicted octanol–water partition coefficient (Wildman–Crippen LogP) is 2.32. The van der Waals surface area contributed by atoms with Crippen LogP contribution in [0.15, 0.2) is 23.2 Å². The number of alkyl halides is 2. The normalized spacial score (nSPS) is 23.8. The Morgan fingerprint density at radius 3 is 2.76 bits per heavy atom. The Balaban J connectivity index is 2.56. The molecule has 0 saturated heterocycles. The highest BCUT2D eigenvalue weighted by Crippen LogP contribution is 2.39. The molecule has 0 fully saturated rings. The zero-order chi connectivity index (χ0) is 12.5. The molecule has 0 aromatic heterocycles. The molecule has 6 heteroatoms. The summed E-state index contributed by atoms with van der Waals surface area (Å²) >= 11 is 0. The van der Waals surface area contributed by atoms with E-state index in [-0.39, 0.29) is 24.3 Å². The molecule has 1 aromatic rings. The lowest BCUT2D eigenvalue weighted by atomic mass is 9.86. The van der Waals surface area contributed by atoms with E-state index in [9.17, 15) is 13.2 Å². The van der Waals surface area contributed by atoms with Crippen LogP contribution in [0.2, 0.25) is 0 Å². The van der Waals surface area contributed by atoms with Gasteiger partial charge >= 0.3 is 0 Å². The fourth-order valence-electron chi connectivity index (χ4n) is 1.82. The van der Waals surface area contributed by atoms with E-state index in [4.69, 9.17) is 10.5 Å². The molecule has 0 radical (unpaired) electrons. The van der Waals surface area contributed by atoms with Crippen molar-refractivity contribution in [2.75, 3.05) is 12.3 Å². The monoisotopic (exact) mass is 244 g/mol. The summed E-state index contributed by atoms with van der Waals surface area (Å²) in [6, 6.07) is 3.59. The van der Waals surface area contributed by atoms with Crippen LogP contribution in [-0.4, -0.2) is 19.4 Å². The van der Waals surface area contributed by atoms with Crippen molar-refractivity contribution >= 4 is 12.1 Å². The first kappa shape index (κ1) is 11.8. The zero-order valence-electron chi connectivity index (χ0n) is 8.87. The van der Waals surface area contributed by atoms with Gasteiger partial charge in [0.15, 0.2) is 11.9 Å². The third-order valence-corrected chi connectivity index (χ3v) is 2.78. The van der Waals surface area contributed by atoms with E-state index in [1.165, 1.54) is 12.1 Å². The SMILES string of the molecule is Nc1ccc(F)c([C@]2(C(F)F)CCOC=N2)c1. The van der Waals surface area contributed by atoms with E-state index in [0.717, 1.165) is 12.5 Å². The average molecular weight is 244 g/mol. The molecule has 2 rings (SSSR count). The lowest BCUT2D eigenvalue weighted by Crippen LogP contribution is -2.37. The molecule has 1 aliphatic heterocycles. The van der Waals surface area contributed by atoms with Crippen molar-refractivity contribution in [3.63, 3.8) is 0 Å². The number of hydrogen-bond donors (Lipinski definition) is 1. The molecule has 2 N–H and O–H groups in total. The number of ether oxygens (including phenoxy) is 1. The van der Waals surface area contributed by atoms with Gasteiger partial charge in [-0.25, -0.2) is 18.2 Å². The summed E-state index contributed by atoms with van der Waals surface area (Å²) in [7, 11) is 0. The Morgan fingerprint density at radius 1 is 1.41 bits per heavy atom. The van der Waals surface area contributed by atoms with Crippen LogP contribution in [0.25, 0.3) is 0 Å². The van der Waals surface area contributed by atoms with Crippen LogP contribution in [0, 0.1) is 5.82 Å². The molecular weight excluding hydrogens is 233 g/mol. The number of nitrogens with zero attached hydrogens (tertiary/aromatic N) is 1. The molecule has 1 aliphatic rings. The summed E-state index contributed by atoms with van der Waals surface area (Å²) < 4.78 is 44.8. The summed E-state index contributed by atoms with van der Waals surface area (Å²) in [6.45, 7) is 0.0715. The van der Waals surface area contributed by atoms with Crippen LogP contribution >= 0.6 is 0 Å². The van der Waals surface area contributed by atoms with Gasteiger partial charge in [0, 0.05) is 17.7 Å². The first-order chi connectivity index (χ1) is 8.06. The smallest absolute Gasteiger partial charge is 0.267 e. The standard InChI is InChI=1S/C11H11F3N2O/c12-9-2-1-7(15)5-8(9)11(10(13)14)3-4-17-6-16-11/h1-2,5-6,10H,3-4,15H2/t11-/m0/s1. The first-order valence-corrected chi connectivity index (χ1v) is 5.05. The molecule has 0 amide bonds. The predicted molar refractivity (Wildman–Crippen MR) is 57.6 cm³/mol. The number of aliphatic imine (C=N–C) groups is 1. The minimum absolute atomic E-state index is 0.0715. The molecule has 17 heavy (non-hydrogen) atoms.